The molecule has 2 heteroatoms. The van der Waals surface area contributed by atoms with E-state index in [-0.39, 0.29) is 5.97 Å². The number of hydrogen-bond acceptors (Lipinski definition) is 2. The number of carbonyl (C=O) groups excluding carboxylic acids is 1. The van der Waals surface area contributed by atoms with Gasteiger partial charge < -0.3 is 4.74 Å². The maximum atomic E-state index is 11.0. The van der Waals surface area contributed by atoms with Crippen LogP contribution in [0.5, 0.6) is 0 Å². The van der Waals surface area contributed by atoms with E-state index in [2.05, 4.69) is 36.0 Å². The van der Waals surface area contributed by atoms with Crippen LogP contribution in [0.2, 0.25) is 0 Å². The summed E-state index contributed by atoms with van der Waals surface area (Å²) >= 11 is 0. The van der Waals surface area contributed by atoms with Crippen LogP contribution >= 0.6 is 0 Å². The third kappa shape index (κ3) is 8.08. The Labute approximate surface area is 130 Å². The lowest BCUT2D eigenvalue weighted by molar-refractivity contribution is -0.140. The van der Waals surface area contributed by atoms with E-state index in [1.165, 1.54) is 52.1 Å². The van der Waals surface area contributed by atoms with Gasteiger partial charge in [0.1, 0.15) is 0 Å². The topological polar surface area (TPSA) is 26.3 Å². The maximum Gasteiger partial charge on any atom is 0.305 e. The van der Waals surface area contributed by atoms with Crippen LogP contribution < -0.4 is 0 Å². The molecule has 2 unspecified atom stereocenters. The van der Waals surface area contributed by atoms with Crippen LogP contribution in [0.4, 0.5) is 0 Å². The fraction of sp³-hybridized carbons (Fsp3) is 0.737. The number of carbonyl (C=O) groups is 1. The molecular weight excluding hydrogens is 260 g/mol. The second kappa shape index (κ2) is 11.6. The van der Waals surface area contributed by atoms with Gasteiger partial charge in [-0.3, -0.25) is 4.79 Å². The first-order valence-corrected chi connectivity index (χ1v) is 8.66. The van der Waals surface area contributed by atoms with Crippen molar-refractivity contribution in [1.29, 1.82) is 0 Å². The molecule has 1 aliphatic rings. The summed E-state index contributed by atoms with van der Waals surface area (Å²) in [6.07, 6.45) is 21.0. The van der Waals surface area contributed by atoms with E-state index in [4.69, 9.17) is 0 Å². The van der Waals surface area contributed by atoms with E-state index >= 15 is 0 Å². The highest BCUT2D eigenvalue weighted by atomic mass is 16.5. The second-order valence-corrected chi connectivity index (χ2v) is 6.11. The zero-order chi connectivity index (χ0) is 15.3. The summed E-state index contributed by atoms with van der Waals surface area (Å²) in [4.78, 5) is 11.0. The van der Waals surface area contributed by atoms with Gasteiger partial charge in [-0.05, 0) is 50.4 Å². The smallest absolute Gasteiger partial charge is 0.305 e. The summed E-state index contributed by atoms with van der Waals surface area (Å²) in [6.45, 7) is 2.29. The quantitative estimate of drug-likeness (QED) is 0.304. The van der Waals surface area contributed by atoms with Crippen molar-refractivity contribution in [2.45, 2.75) is 71.1 Å². The molecule has 0 saturated carbocycles. The van der Waals surface area contributed by atoms with Gasteiger partial charge in [0.25, 0.3) is 0 Å². The van der Waals surface area contributed by atoms with E-state index in [0.29, 0.717) is 6.42 Å². The van der Waals surface area contributed by atoms with Crippen molar-refractivity contribution in [3.05, 3.63) is 24.3 Å². The van der Waals surface area contributed by atoms with Crippen LogP contribution in [0.1, 0.15) is 71.1 Å². The first-order valence-electron chi connectivity index (χ1n) is 8.66. The predicted octanol–water partition coefficient (Wildman–Crippen LogP) is 5.44. The Kier molecular flexibility index (Phi) is 9.94. The number of methoxy groups -OCH3 is 1. The fourth-order valence-corrected chi connectivity index (χ4v) is 3.09. The van der Waals surface area contributed by atoms with Crippen molar-refractivity contribution in [3.8, 4) is 0 Å². The normalized spacial score (nSPS) is 21.8. The minimum absolute atomic E-state index is 0.0813. The van der Waals surface area contributed by atoms with Crippen molar-refractivity contribution >= 4 is 5.97 Å². The maximum absolute atomic E-state index is 11.0. The monoisotopic (exact) mass is 292 g/mol. The van der Waals surface area contributed by atoms with E-state index in [1.54, 1.807) is 0 Å². The summed E-state index contributed by atoms with van der Waals surface area (Å²) in [6, 6.07) is 0. The Morgan fingerprint density at radius 3 is 2.71 bits per heavy atom. The first-order chi connectivity index (χ1) is 10.3. The van der Waals surface area contributed by atoms with Gasteiger partial charge in [0.05, 0.1) is 7.11 Å². The third-order valence-corrected chi connectivity index (χ3v) is 4.39. The first kappa shape index (κ1) is 18.0. The van der Waals surface area contributed by atoms with Crippen molar-refractivity contribution in [2.75, 3.05) is 7.11 Å². The van der Waals surface area contributed by atoms with Gasteiger partial charge >= 0.3 is 5.97 Å². The number of ether oxygens (including phenoxy) is 1. The molecule has 120 valence electrons. The SMILES string of the molecule is CCCC1CC=CCC1/C=C\CCCCCCC(=O)OC. The molecule has 1 aliphatic carbocycles. The Hall–Kier alpha value is -1.05. The Morgan fingerprint density at radius 1 is 1.19 bits per heavy atom. The lowest BCUT2D eigenvalue weighted by Gasteiger charge is -2.25. The minimum atomic E-state index is -0.0813. The van der Waals surface area contributed by atoms with Gasteiger partial charge in [0.15, 0.2) is 0 Å². The number of allylic oxidation sites excluding steroid dienone is 4. The van der Waals surface area contributed by atoms with E-state index in [9.17, 15) is 4.79 Å². The molecule has 0 radical (unpaired) electrons. The van der Waals surface area contributed by atoms with Crippen LogP contribution in [0, 0.1) is 11.8 Å². The molecule has 1 rings (SSSR count). The molecule has 0 saturated heterocycles. The van der Waals surface area contributed by atoms with E-state index in [0.717, 1.165) is 24.7 Å². The minimum Gasteiger partial charge on any atom is -0.469 e. The average Bonchev–Trinajstić information content (AvgIpc) is 2.51. The number of hydrogen-bond donors (Lipinski definition) is 0. The van der Waals surface area contributed by atoms with Gasteiger partial charge in [-0.15, -0.1) is 0 Å². The van der Waals surface area contributed by atoms with Crippen LogP contribution in [0.3, 0.4) is 0 Å². The predicted molar refractivity (Wildman–Crippen MR) is 89.1 cm³/mol. The van der Waals surface area contributed by atoms with Gasteiger partial charge in [0, 0.05) is 6.42 Å². The van der Waals surface area contributed by atoms with Crippen LogP contribution in [0.25, 0.3) is 0 Å². The molecule has 0 aromatic rings. The molecule has 0 aromatic carbocycles. The van der Waals surface area contributed by atoms with Crippen LogP contribution in [-0.4, -0.2) is 13.1 Å². The van der Waals surface area contributed by atoms with Crippen LogP contribution in [-0.2, 0) is 9.53 Å². The molecule has 2 nitrogen and oxygen atoms in total. The highest BCUT2D eigenvalue weighted by Gasteiger charge is 2.18. The van der Waals surface area contributed by atoms with Gasteiger partial charge in [-0.25, -0.2) is 0 Å². The summed E-state index contributed by atoms with van der Waals surface area (Å²) in [7, 11) is 1.46. The Bertz CT molecular complexity index is 330. The van der Waals surface area contributed by atoms with Crippen molar-refractivity contribution in [2.24, 2.45) is 11.8 Å². The summed E-state index contributed by atoms with van der Waals surface area (Å²) in [5.41, 5.74) is 0. The zero-order valence-corrected chi connectivity index (χ0v) is 13.9. The molecular formula is C19H32O2. The molecule has 0 heterocycles. The molecule has 21 heavy (non-hydrogen) atoms. The molecule has 0 bridgehead atoms. The lowest BCUT2D eigenvalue weighted by atomic mass is 9.80. The molecule has 0 spiro atoms. The molecule has 0 aromatic heterocycles. The third-order valence-electron chi connectivity index (χ3n) is 4.39. The van der Waals surface area contributed by atoms with Gasteiger partial charge in [-0.1, -0.05) is 50.5 Å². The highest BCUT2D eigenvalue weighted by Crippen LogP contribution is 2.30. The zero-order valence-electron chi connectivity index (χ0n) is 13.9. The van der Waals surface area contributed by atoms with Crippen LogP contribution in [0.15, 0.2) is 24.3 Å². The van der Waals surface area contributed by atoms with Gasteiger partial charge in [0.2, 0.25) is 0 Å². The standard InChI is InChI=1S/C19H32O2/c1-3-12-17-14-10-11-15-18(17)13-8-6-4-5-7-9-16-19(20)21-2/h8,10-11,13,17-18H,3-7,9,12,14-16H2,1-2H3/b13-8-. The van der Waals surface area contributed by atoms with E-state index < -0.39 is 0 Å². The number of unbranched alkanes of at least 4 members (excludes halogenated alkanes) is 4. The molecule has 0 aliphatic heterocycles. The molecule has 0 fully saturated rings. The molecule has 2 atom stereocenters. The van der Waals surface area contributed by atoms with Gasteiger partial charge in [-0.2, -0.15) is 0 Å². The highest BCUT2D eigenvalue weighted by molar-refractivity contribution is 5.68. The lowest BCUT2D eigenvalue weighted by Crippen LogP contribution is -2.14. The largest absolute Gasteiger partial charge is 0.469 e. The Morgan fingerprint density at radius 2 is 1.95 bits per heavy atom. The van der Waals surface area contributed by atoms with Crippen molar-refractivity contribution < 1.29 is 9.53 Å². The Balaban J connectivity index is 2.08. The van der Waals surface area contributed by atoms with Crippen molar-refractivity contribution in [1.82, 2.24) is 0 Å². The number of rotatable bonds is 10. The summed E-state index contributed by atoms with van der Waals surface area (Å²) < 4.78 is 4.64. The van der Waals surface area contributed by atoms with E-state index in [1.807, 2.05) is 0 Å². The fourth-order valence-electron chi connectivity index (χ4n) is 3.09. The van der Waals surface area contributed by atoms with Crippen molar-refractivity contribution in [3.63, 3.8) is 0 Å². The molecule has 0 amide bonds. The summed E-state index contributed by atoms with van der Waals surface area (Å²) in [5, 5.41) is 0. The summed E-state index contributed by atoms with van der Waals surface area (Å²) in [5.74, 6) is 1.53. The molecule has 0 N–H and O–H groups in total. The number of esters is 1. The second-order valence-electron chi connectivity index (χ2n) is 6.11. The average molecular weight is 292 g/mol.